The van der Waals surface area contributed by atoms with E-state index in [9.17, 15) is 4.79 Å². The Morgan fingerprint density at radius 2 is 1.95 bits per heavy atom. The first-order valence-corrected chi connectivity index (χ1v) is 6.37. The SMILES string of the molecule is Cc1ccccc1Oc1cccc(C(N)CC(=O)O)c1.Cl. The summed E-state index contributed by atoms with van der Waals surface area (Å²) >= 11 is 0. The third kappa shape index (κ3) is 4.77. The number of hydrogen-bond donors (Lipinski definition) is 2. The van der Waals surface area contributed by atoms with E-state index >= 15 is 0 Å². The second-order valence-corrected chi connectivity index (χ2v) is 4.64. The van der Waals surface area contributed by atoms with Crippen molar-refractivity contribution in [3.05, 3.63) is 59.7 Å². The molecular weight excluding hydrogens is 290 g/mol. The molecule has 0 amide bonds. The monoisotopic (exact) mass is 307 g/mol. The van der Waals surface area contributed by atoms with Crippen molar-refractivity contribution in [2.75, 3.05) is 0 Å². The van der Waals surface area contributed by atoms with Gasteiger partial charge in [0.1, 0.15) is 11.5 Å². The fourth-order valence-electron chi connectivity index (χ4n) is 1.91. The van der Waals surface area contributed by atoms with Gasteiger partial charge < -0.3 is 15.6 Å². The van der Waals surface area contributed by atoms with Gasteiger partial charge in [-0.25, -0.2) is 0 Å². The van der Waals surface area contributed by atoms with E-state index in [-0.39, 0.29) is 18.8 Å². The third-order valence-corrected chi connectivity index (χ3v) is 3.00. The van der Waals surface area contributed by atoms with Crippen molar-refractivity contribution in [1.82, 2.24) is 0 Å². The summed E-state index contributed by atoms with van der Waals surface area (Å²) in [4.78, 5) is 10.7. The second kappa shape index (κ2) is 7.67. The van der Waals surface area contributed by atoms with Crippen molar-refractivity contribution >= 4 is 18.4 Å². The van der Waals surface area contributed by atoms with Crippen LogP contribution in [0.3, 0.4) is 0 Å². The van der Waals surface area contributed by atoms with Crippen LogP contribution >= 0.6 is 12.4 Å². The summed E-state index contributed by atoms with van der Waals surface area (Å²) in [5, 5.41) is 8.77. The number of hydrogen-bond acceptors (Lipinski definition) is 3. The highest BCUT2D eigenvalue weighted by atomic mass is 35.5. The largest absolute Gasteiger partial charge is 0.481 e. The predicted octanol–water partition coefficient (Wildman–Crippen LogP) is 3.68. The summed E-state index contributed by atoms with van der Waals surface area (Å²) in [6, 6.07) is 14.4. The van der Waals surface area contributed by atoms with E-state index in [0.717, 1.165) is 16.9 Å². The van der Waals surface area contributed by atoms with Gasteiger partial charge in [-0.15, -0.1) is 12.4 Å². The standard InChI is InChI=1S/C16H17NO3.ClH/c1-11-5-2-3-8-15(11)20-13-7-4-6-12(9-13)14(17)10-16(18)19;/h2-9,14H,10,17H2,1H3,(H,18,19);1H. The van der Waals surface area contributed by atoms with Crippen LogP contribution in [0.5, 0.6) is 11.5 Å². The maximum absolute atomic E-state index is 10.7. The van der Waals surface area contributed by atoms with Gasteiger partial charge in [-0.05, 0) is 36.2 Å². The molecule has 0 radical (unpaired) electrons. The number of para-hydroxylation sites is 1. The summed E-state index contributed by atoms with van der Waals surface area (Å²) in [5.74, 6) is 0.511. The van der Waals surface area contributed by atoms with Gasteiger partial charge in [0.2, 0.25) is 0 Å². The number of aryl methyl sites for hydroxylation is 1. The molecule has 2 rings (SSSR count). The molecule has 21 heavy (non-hydrogen) atoms. The molecule has 0 bridgehead atoms. The fraction of sp³-hybridized carbons (Fsp3) is 0.188. The topological polar surface area (TPSA) is 72.5 Å². The normalized spacial score (nSPS) is 11.3. The molecule has 2 aromatic rings. The Hall–Kier alpha value is -2.04. The highest BCUT2D eigenvalue weighted by Gasteiger charge is 2.11. The summed E-state index contributed by atoms with van der Waals surface area (Å²) in [6.07, 6.45) is -0.103. The van der Waals surface area contributed by atoms with Crippen LogP contribution in [-0.2, 0) is 4.79 Å². The van der Waals surface area contributed by atoms with Crippen LogP contribution in [-0.4, -0.2) is 11.1 Å². The minimum absolute atomic E-state index is 0. The number of carbonyl (C=O) groups is 1. The molecule has 0 aromatic heterocycles. The lowest BCUT2D eigenvalue weighted by Crippen LogP contribution is -2.14. The molecule has 0 aliphatic heterocycles. The Bertz CT molecular complexity index is 616. The molecule has 0 saturated heterocycles. The maximum Gasteiger partial charge on any atom is 0.305 e. The maximum atomic E-state index is 10.7. The van der Waals surface area contributed by atoms with Gasteiger partial charge >= 0.3 is 5.97 Å². The lowest BCUT2D eigenvalue weighted by atomic mass is 10.0. The predicted molar refractivity (Wildman–Crippen MR) is 84.1 cm³/mol. The average Bonchev–Trinajstić information content (AvgIpc) is 2.41. The highest BCUT2D eigenvalue weighted by Crippen LogP contribution is 2.27. The number of halogens is 1. The molecule has 0 heterocycles. The number of benzene rings is 2. The van der Waals surface area contributed by atoms with Crippen LogP contribution in [0.4, 0.5) is 0 Å². The number of carboxylic acid groups (broad SMARTS) is 1. The van der Waals surface area contributed by atoms with Gasteiger partial charge in [-0.3, -0.25) is 4.79 Å². The fourth-order valence-corrected chi connectivity index (χ4v) is 1.91. The van der Waals surface area contributed by atoms with Gasteiger partial charge in [0.25, 0.3) is 0 Å². The van der Waals surface area contributed by atoms with Gasteiger partial charge in [-0.1, -0.05) is 30.3 Å². The Labute approximate surface area is 130 Å². The van der Waals surface area contributed by atoms with E-state index in [0.29, 0.717) is 5.75 Å². The van der Waals surface area contributed by atoms with Crippen molar-refractivity contribution < 1.29 is 14.6 Å². The van der Waals surface area contributed by atoms with Crippen LogP contribution in [0.2, 0.25) is 0 Å². The number of ether oxygens (including phenoxy) is 1. The van der Waals surface area contributed by atoms with Crippen LogP contribution in [0.15, 0.2) is 48.5 Å². The van der Waals surface area contributed by atoms with E-state index in [2.05, 4.69) is 0 Å². The number of aliphatic carboxylic acids is 1. The molecule has 0 aliphatic rings. The Balaban J connectivity index is 0.00000220. The average molecular weight is 308 g/mol. The van der Waals surface area contributed by atoms with Crippen LogP contribution in [0.1, 0.15) is 23.6 Å². The van der Waals surface area contributed by atoms with E-state index < -0.39 is 12.0 Å². The Morgan fingerprint density at radius 1 is 1.24 bits per heavy atom. The van der Waals surface area contributed by atoms with E-state index in [1.165, 1.54) is 0 Å². The number of nitrogens with two attached hydrogens (primary N) is 1. The highest BCUT2D eigenvalue weighted by molar-refractivity contribution is 5.85. The van der Waals surface area contributed by atoms with Crippen molar-refractivity contribution in [2.45, 2.75) is 19.4 Å². The first-order valence-electron chi connectivity index (χ1n) is 6.37. The molecule has 0 saturated carbocycles. The third-order valence-electron chi connectivity index (χ3n) is 3.00. The van der Waals surface area contributed by atoms with Crippen molar-refractivity contribution in [3.63, 3.8) is 0 Å². The molecule has 0 fully saturated rings. The first kappa shape index (κ1) is 17.0. The van der Waals surface area contributed by atoms with Gasteiger partial charge in [0.15, 0.2) is 0 Å². The lowest BCUT2D eigenvalue weighted by molar-refractivity contribution is -0.137. The van der Waals surface area contributed by atoms with Crippen molar-refractivity contribution in [3.8, 4) is 11.5 Å². The van der Waals surface area contributed by atoms with Gasteiger partial charge in [0, 0.05) is 6.04 Å². The second-order valence-electron chi connectivity index (χ2n) is 4.64. The lowest BCUT2D eigenvalue weighted by Gasteiger charge is -2.12. The summed E-state index contributed by atoms with van der Waals surface area (Å²) in [7, 11) is 0. The summed E-state index contributed by atoms with van der Waals surface area (Å²) in [5.41, 5.74) is 7.64. The Kier molecular flexibility index (Phi) is 6.21. The summed E-state index contributed by atoms with van der Waals surface area (Å²) in [6.45, 7) is 1.97. The smallest absolute Gasteiger partial charge is 0.305 e. The van der Waals surface area contributed by atoms with Crippen LogP contribution in [0.25, 0.3) is 0 Å². The minimum Gasteiger partial charge on any atom is -0.481 e. The van der Waals surface area contributed by atoms with E-state index in [1.54, 1.807) is 12.1 Å². The molecule has 2 aromatic carbocycles. The van der Waals surface area contributed by atoms with Crippen LogP contribution in [0, 0.1) is 6.92 Å². The van der Waals surface area contributed by atoms with Crippen molar-refractivity contribution in [1.29, 1.82) is 0 Å². The molecule has 0 spiro atoms. The molecule has 0 aliphatic carbocycles. The molecule has 5 heteroatoms. The molecular formula is C16H18ClNO3. The van der Waals surface area contributed by atoms with Gasteiger partial charge in [0.05, 0.1) is 6.42 Å². The zero-order valence-electron chi connectivity index (χ0n) is 11.7. The first-order chi connectivity index (χ1) is 9.56. The van der Waals surface area contributed by atoms with Crippen molar-refractivity contribution in [2.24, 2.45) is 5.73 Å². The molecule has 1 unspecified atom stereocenters. The molecule has 1 atom stereocenters. The zero-order valence-corrected chi connectivity index (χ0v) is 12.5. The quantitative estimate of drug-likeness (QED) is 0.883. The number of carboxylic acids is 1. The van der Waals surface area contributed by atoms with Crippen LogP contribution < -0.4 is 10.5 Å². The zero-order chi connectivity index (χ0) is 14.5. The summed E-state index contributed by atoms with van der Waals surface area (Å²) < 4.78 is 5.80. The molecule has 112 valence electrons. The Morgan fingerprint density at radius 3 is 2.62 bits per heavy atom. The van der Waals surface area contributed by atoms with E-state index in [4.69, 9.17) is 15.6 Å². The minimum atomic E-state index is -0.914. The van der Waals surface area contributed by atoms with E-state index in [1.807, 2.05) is 43.3 Å². The molecule has 4 nitrogen and oxygen atoms in total. The number of rotatable bonds is 5. The molecule has 3 N–H and O–H groups in total. The van der Waals surface area contributed by atoms with Gasteiger partial charge in [-0.2, -0.15) is 0 Å².